The predicted molar refractivity (Wildman–Crippen MR) is 236 cm³/mol. The van der Waals surface area contributed by atoms with Crippen LogP contribution in [0.15, 0.2) is 17.1 Å². The van der Waals surface area contributed by atoms with Crippen molar-refractivity contribution in [1.82, 2.24) is 9.55 Å². The van der Waals surface area contributed by atoms with Gasteiger partial charge in [-0.05, 0) is 24.7 Å². The van der Waals surface area contributed by atoms with Crippen LogP contribution in [0, 0.1) is 0 Å². The van der Waals surface area contributed by atoms with Crippen LogP contribution in [0.4, 0.5) is 5.82 Å². The normalized spacial score (nSPS) is 19.7. The Kier molecular flexibility index (Phi) is 38.9. The molecule has 356 valence electrons. The minimum absolute atomic E-state index is 0. The smallest absolute Gasteiger partial charge is 0.756 e. The van der Waals surface area contributed by atoms with Crippen LogP contribution in [0.2, 0.25) is 0 Å². The number of carbonyl (C=O) groups excluding carboxylic acids is 1. The number of aliphatic hydroxyl groups is 2. The third kappa shape index (κ3) is 30.7. The molecule has 2 rings (SSSR count). The number of phosphoric acid groups is 2. The molecule has 2 heterocycles. The molecule has 1 aromatic rings. The van der Waals surface area contributed by atoms with E-state index in [0.717, 1.165) is 48.8 Å². The molecule has 4 N–H and O–H groups in total. The van der Waals surface area contributed by atoms with Gasteiger partial charge in [-0.15, -0.1) is 0 Å². The number of carbonyl (C=O) groups is 1. The number of aliphatic hydroxyl groups excluding tert-OH is 2. The third-order valence-corrected chi connectivity index (χ3v) is 14.4. The van der Waals surface area contributed by atoms with Gasteiger partial charge in [-0.3, -0.25) is 18.5 Å². The van der Waals surface area contributed by atoms with E-state index in [2.05, 4.69) is 27.7 Å². The zero-order valence-corrected chi connectivity index (χ0v) is 45.5. The van der Waals surface area contributed by atoms with E-state index < -0.39 is 71.2 Å². The summed E-state index contributed by atoms with van der Waals surface area (Å²) in [6.45, 7) is 2.80. The number of esters is 1. The van der Waals surface area contributed by atoms with Crippen LogP contribution in [0.5, 0.6) is 0 Å². The number of unbranched alkanes of at least 4 members (excludes halogenated alkanes) is 23. The summed E-state index contributed by atoms with van der Waals surface area (Å²) >= 11 is 1.50. The van der Waals surface area contributed by atoms with Crippen molar-refractivity contribution in [3.8, 4) is 0 Å². The predicted octanol–water partition coefficient (Wildman–Crippen LogP) is 2.27. The van der Waals surface area contributed by atoms with Crippen LogP contribution >= 0.6 is 27.4 Å². The van der Waals surface area contributed by atoms with Gasteiger partial charge in [-0.25, -0.2) is 9.11 Å². The molecule has 7 atom stereocenters. The van der Waals surface area contributed by atoms with Gasteiger partial charge in [0.05, 0.1) is 13.2 Å². The Morgan fingerprint density at radius 3 is 1.73 bits per heavy atom. The first-order valence-corrected chi connectivity index (χ1v) is 27.1. The number of hydrogen-bond donors (Lipinski definition) is 3. The summed E-state index contributed by atoms with van der Waals surface area (Å²) in [7, 11) is -11.2. The van der Waals surface area contributed by atoms with Crippen molar-refractivity contribution in [2.24, 2.45) is 0 Å². The molecular weight excluding hydrogens is 894 g/mol. The maximum Gasteiger partial charge on any atom is 1.00 e. The molecule has 0 saturated carbocycles. The minimum atomic E-state index is -5.63. The van der Waals surface area contributed by atoms with E-state index in [9.17, 15) is 38.7 Å². The molecule has 16 nitrogen and oxygen atoms in total. The molecule has 1 aromatic heterocycles. The summed E-state index contributed by atoms with van der Waals surface area (Å²) in [5.74, 6) is 0.423. The van der Waals surface area contributed by atoms with Crippen molar-refractivity contribution < 1.29 is 116 Å². The average Bonchev–Trinajstić information content (AvgIpc) is 3.49. The molecule has 4 unspecified atom stereocenters. The van der Waals surface area contributed by atoms with E-state index in [4.69, 9.17) is 19.7 Å². The Morgan fingerprint density at radius 1 is 0.778 bits per heavy atom. The number of nitrogens with zero attached hydrogens (tertiary/aromatic N) is 2. The van der Waals surface area contributed by atoms with Crippen LogP contribution < -0.4 is 80.3 Å². The summed E-state index contributed by atoms with van der Waals surface area (Å²) < 4.78 is 50.8. The molecule has 0 aliphatic carbocycles. The maximum absolute atomic E-state index is 12.8. The summed E-state index contributed by atoms with van der Waals surface area (Å²) in [6, 6.07) is 1.25. The topological polar surface area (TPSA) is 245 Å². The van der Waals surface area contributed by atoms with Crippen LogP contribution in [-0.2, 0) is 36.8 Å². The number of rotatable bonds is 39. The first kappa shape index (κ1) is 63.6. The molecule has 1 fully saturated rings. The van der Waals surface area contributed by atoms with Gasteiger partial charge < -0.3 is 44.3 Å². The SMILES string of the molecule is CCCCCCCCCCCCCCCCCCSCC(COP(=O)([O-])OP(=O)([O-])OC[C@H]1OC(n2ccc(N)nc2=O)[C@@H](O)[C@@H]1O)OC(=O)CCCCCCCCCCC.[Na+].[Na+]. The van der Waals surface area contributed by atoms with E-state index in [1.165, 1.54) is 140 Å². The molecule has 0 amide bonds. The van der Waals surface area contributed by atoms with Crippen LogP contribution in [0.25, 0.3) is 0 Å². The van der Waals surface area contributed by atoms with Crippen molar-refractivity contribution in [1.29, 1.82) is 0 Å². The summed E-state index contributed by atoms with van der Waals surface area (Å²) in [4.78, 5) is 53.6. The zero-order valence-electron chi connectivity index (χ0n) is 38.9. The number of ether oxygens (including phenoxy) is 2. The standard InChI is InChI=1S/C42H79N3O13P2S.2Na/c1-3-5-7-9-11-13-14-15-16-17-18-19-21-23-25-27-31-61-34-35(56-38(46)28-26-24-22-20-12-10-8-6-4-2)32-54-59(50,51)58-60(52,53)55-33-36-39(47)40(48)41(57-36)45-30-29-37(43)44-42(45)49;;/h29-30,35-36,39-41,47-48H,3-28,31-34H2,1-2H3,(H,50,51)(H,52,53)(H2,43,44,49);;/q;2*+1/p-2/t35?,36-,39-,40+,41?;;/m1../s1. The second kappa shape index (κ2) is 38.5. The summed E-state index contributed by atoms with van der Waals surface area (Å²) in [5, 5.41) is 20.8. The summed E-state index contributed by atoms with van der Waals surface area (Å²) in [5.41, 5.74) is 4.58. The van der Waals surface area contributed by atoms with Gasteiger partial charge in [0, 0.05) is 18.4 Å². The first-order chi connectivity index (χ1) is 29.3. The summed E-state index contributed by atoms with van der Waals surface area (Å²) in [6.07, 6.45) is 24.0. The van der Waals surface area contributed by atoms with E-state index in [1.54, 1.807) is 0 Å². The molecule has 1 aliphatic rings. The molecule has 63 heavy (non-hydrogen) atoms. The van der Waals surface area contributed by atoms with Crippen molar-refractivity contribution in [2.45, 2.75) is 211 Å². The number of nitrogens with two attached hydrogens (primary N) is 1. The number of thioether (sulfide) groups is 1. The number of nitrogen functional groups attached to an aromatic ring is 1. The number of phosphoric ester groups is 2. The first-order valence-electron chi connectivity index (χ1n) is 23.0. The fourth-order valence-corrected chi connectivity index (χ4v) is 10.2. The average molecular weight is 972 g/mol. The van der Waals surface area contributed by atoms with Crippen LogP contribution in [0.1, 0.15) is 187 Å². The van der Waals surface area contributed by atoms with Crippen molar-refractivity contribution in [3.05, 3.63) is 22.7 Å². The second-order valence-electron chi connectivity index (χ2n) is 16.2. The zero-order chi connectivity index (χ0) is 44.8. The van der Waals surface area contributed by atoms with Gasteiger partial charge in [0.1, 0.15) is 30.2 Å². The molecule has 0 aromatic carbocycles. The minimum Gasteiger partial charge on any atom is -0.756 e. The monoisotopic (exact) mass is 971 g/mol. The van der Waals surface area contributed by atoms with Crippen LogP contribution in [-0.4, -0.2) is 74.9 Å². The number of aromatic nitrogens is 2. The van der Waals surface area contributed by atoms with Gasteiger partial charge >= 0.3 is 70.8 Å². The number of hydrogen-bond acceptors (Lipinski definition) is 16. The number of anilines is 1. The van der Waals surface area contributed by atoms with Crippen molar-refractivity contribution in [2.75, 3.05) is 30.5 Å². The quantitative estimate of drug-likeness (QED) is 0.0371. The Hall–Kier alpha value is 0.640. The third-order valence-electron chi connectivity index (χ3n) is 10.7. The van der Waals surface area contributed by atoms with E-state index in [1.807, 2.05) is 0 Å². The van der Waals surface area contributed by atoms with Gasteiger partial charge in [0.15, 0.2) is 6.23 Å². The second-order valence-corrected chi connectivity index (χ2v) is 20.3. The fraction of sp³-hybridized carbons (Fsp3) is 0.881. The van der Waals surface area contributed by atoms with Gasteiger partial charge in [-0.2, -0.15) is 16.7 Å². The van der Waals surface area contributed by atoms with Crippen LogP contribution in [0.3, 0.4) is 0 Å². The Balaban J connectivity index is 0.0000192. The largest absolute Gasteiger partial charge is 1.00 e. The fourth-order valence-electron chi connectivity index (χ4n) is 7.13. The molecule has 1 aliphatic heterocycles. The molecule has 0 bridgehead atoms. The van der Waals surface area contributed by atoms with E-state index in [0.29, 0.717) is 6.42 Å². The Bertz CT molecular complexity index is 1470. The molecule has 0 radical (unpaired) electrons. The van der Waals surface area contributed by atoms with Crippen molar-refractivity contribution in [3.63, 3.8) is 0 Å². The van der Waals surface area contributed by atoms with Gasteiger partial charge in [0.2, 0.25) is 0 Å². The van der Waals surface area contributed by atoms with Gasteiger partial charge in [-0.1, -0.05) is 162 Å². The van der Waals surface area contributed by atoms with Gasteiger partial charge in [0.25, 0.3) is 15.6 Å². The maximum atomic E-state index is 12.8. The molecule has 0 spiro atoms. The molecular formula is C42H77N3Na2O13P2S. The Labute approximate surface area is 425 Å². The molecule has 1 saturated heterocycles. The Morgan fingerprint density at radius 2 is 1.24 bits per heavy atom. The molecule has 21 heteroatoms. The van der Waals surface area contributed by atoms with E-state index >= 15 is 0 Å². The van der Waals surface area contributed by atoms with Crippen molar-refractivity contribution >= 4 is 39.2 Å². The van der Waals surface area contributed by atoms with E-state index in [-0.39, 0.29) is 77.1 Å².